The Morgan fingerprint density at radius 2 is 1.35 bits per heavy atom. The van der Waals surface area contributed by atoms with E-state index < -0.39 is 0 Å². The minimum Gasteiger partial charge on any atom is -1.00 e. The zero-order valence-corrected chi connectivity index (χ0v) is 28.7. The van der Waals surface area contributed by atoms with Gasteiger partial charge < -0.3 is 24.8 Å². The Morgan fingerprint density at radius 3 is 1.98 bits per heavy atom. The molecule has 0 aromatic heterocycles. The van der Waals surface area contributed by atoms with E-state index in [1.807, 2.05) is 0 Å². The number of rotatable bonds is 5. The zero-order valence-electron chi connectivity index (χ0n) is 24.7. The van der Waals surface area contributed by atoms with E-state index in [0.717, 1.165) is 12.8 Å². The third kappa shape index (κ3) is 5.25. The standard InChI is InChI=1S/C40H33.2ClH.Zr/c1-4-27-19-21-33-31(23-27)24-36-35(33)25-37(39(28-14-8-6-9-15-28)29-16-10-7-11-17-29)32(5-2)40(36)34-22-20-30-18-12-13-26(3)38(30)34;;;/h6-23,25,34H,4-5H2,1-3H3;2*1H;/q;;;+2/p-2. The van der Waals surface area contributed by atoms with Crippen LogP contribution < -0.4 is 35.3 Å². The molecule has 0 heterocycles. The number of halogens is 2. The van der Waals surface area contributed by atoms with Gasteiger partial charge in [-0.3, -0.25) is 0 Å². The average molecular weight is 676 g/mol. The van der Waals surface area contributed by atoms with Gasteiger partial charge in [0.1, 0.15) is 0 Å². The maximum Gasteiger partial charge on any atom is -1.00 e. The van der Waals surface area contributed by atoms with Crippen molar-refractivity contribution < 1.29 is 49.5 Å². The molecule has 0 amide bonds. The summed E-state index contributed by atoms with van der Waals surface area (Å²) in [6, 6.07) is 38.5. The summed E-state index contributed by atoms with van der Waals surface area (Å²) in [7, 11) is 0. The van der Waals surface area contributed by atoms with Gasteiger partial charge >= 0.3 is 260 Å². The molecule has 0 aliphatic heterocycles. The van der Waals surface area contributed by atoms with Gasteiger partial charge in [0, 0.05) is 0 Å². The summed E-state index contributed by atoms with van der Waals surface area (Å²) in [6.07, 6.45) is 6.85. The molecule has 0 saturated carbocycles. The largest absolute Gasteiger partial charge is 1.00 e. The van der Waals surface area contributed by atoms with Gasteiger partial charge in [0.15, 0.2) is 0 Å². The molecule has 0 N–H and O–H groups in total. The van der Waals surface area contributed by atoms with Crippen LogP contribution in [0.2, 0.25) is 0 Å². The van der Waals surface area contributed by atoms with Crippen molar-refractivity contribution in [3.63, 3.8) is 0 Å². The van der Waals surface area contributed by atoms with E-state index in [9.17, 15) is 0 Å². The van der Waals surface area contributed by atoms with Crippen molar-refractivity contribution in [1.82, 2.24) is 0 Å². The molecule has 0 fully saturated rings. The number of allylic oxidation sites excluding steroid dienone is 1. The molecule has 5 aromatic rings. The third-order valence-electron chi connectivity index (χ3n) is 8.98. The molecule has 1 unspecified atom stereocenters. The van der Waals surface area contributed by atoms with Crippen molar-refractivity contribution in [2.45, 2.75) is 39.5 Å². The van der Waals surface area contributed by atoms with E-state index in [1.54, 1.807) is 0 Å². The minimum absolute atomic E-state index is 0. The first-order chi connectivity index (χ1) is 20.1. The van der Waals surface area contributed by atoms with Crippen molar-refractivity contribution in [2.24, 2.45) is 0 Å². The third-order valence-corrected chi connectivity index (χ3v) is 10.3. The molecular formula is C40H33Cl2Zr. The molecule has 5 aromatic carbocycles. The first kappa shape index (κ1) is 31.5. The van der Waals surface area contributed by atoms with Gasteiger partial charge in [-0.1, -0.05) is 0 Å². The van der Waals surface area contributed by atoms with Gasteiger partial charge in [-0.05, 0) is 0 Å². The maximum atomic E-state index is 2.53. The molecule has 2 aliphatic carbocycles. The average Bonchev–Trinajstić information content (AvgIpc) is 3.57. The van der Waals surface area contributed by atoms with Crippen LogP contribution >= 0.6 is 0 Å². The fourth-order valence-electron chi connectivity index (χ4n) is 7.06. The number of hydrogen-bond donors (Lipinski definition) is 0. The van der Waals surface area contributed by atoms with Crippen LogP contribution in [0.1, 0.15) is 69.8 Å². The van der Waals surface area contributed by atoms with E-state index in [1.165, 1.54) is 105 Å². The van der Waals surface area contributed by atoms with Crippen LogP contribution in [0.25, 0.3) is 26.1 Å². The summed E-state index contributed by atoms with van der Waals surface area (Å²) in [5.41, 5.74) is 16.7. The Hall–Kier alpha value is -2.96. The molecule has 43 heavy (non-hydrogen) atoms. The molecule has 211 valence electrons. The maximum absolute atomic E-state index is 2.53. The molecule has 3 heteroatoms. The van der Waals surface area contributed by atoms with Crippen LogP contribution in [0, 0.1) is 6.92 Å². The summed E-state index contributed by atoms with van der Waals surface area (Å²) in [5.74, 6) is 0.248. The Balaban J connectivity index is 0.00000184. The smallest absolute Gasteiger partial charge is 1.00 e. The van der Waals surface area contributed by atoms with Crippen LogP contribution in [0.5, 0.6) is 0 Å². The fourth-order valence-corrected chi connectivity index (χ4v) is 8.23. The second-order valence-electron chi connectivity index (χ2n) is 11.2. The first-order valence-corrected chi connectivity index (χ1v) is 16.0. The summed E-state index contributed by atoms with van der Waals surface area (Å²) < 4.78 is 1.50. The molecule has 0 spiro atoms. The molecular weight excluding hydrogens is 643 g/mol. The first-order valence-electron chi connectivity index (χ1n) is 14.8. The van der Waals surface area contributed by atoms with Crippen LogP contribution in [-0.2, 0) is 37.6 Å². The van der Waals surface area contributed by atoms with Gasteiger partial charge in [-0.15, -0.1) is 0 Å². The van der Waals surface area contributed by atoms with Crippen LogP contribution in [0.4, 0.5) is 0 Å². The minimum atomic E-state index is 0. The Kier molecular flexibility index (Phi) is 9.48. The van der Waals surface area contributed by atoms with Crippen molar-refractivity contribution in [3.8, 4) is 11.1 Å². The van der Waals surface area contributed by atoms with Crippen molar-refractivity contribution >= 4 is 14.9 Å². The zero-order chi connectivity index (χ0) is 28.1. The summed E-state index contributed by atoms with van der Waals surface area (Å²) in [6.45, 7) is 6.89. The van der Waals surface area contributed by atoms with Crippen molar-refractivity contribution in [2.75, 3.05) is 0 Å². The second kappa shape index (κ2) is 13.0. The van der Waals surface area contributed by atoms with Crippen LogP contribution in [-0.4, -0.2) is 0 Å². The van der Waals surface area contributed by atoms with E-state index in [4.69, 9.17) is 0 Å². The molecule has 0 nitrogen and oxygen atoms in total. The van der Waals surface area contributed by atoms with E-state index in [2.05, 4.69) is 136 Å². The molecule has 0 radical (unpaired) electrons. The number of fused-ring (bicyclic) bond motifs is 4. The van der Waals surface area contributed by atoms with Gasteiger partial charge in [0.05, 0.1) is 0 Å². The predicted octanol–water partition coefficient (Wildman–Crippen LogP) is 2.22. The second-order valence-corrected chi connectivity index (χ2v) is 12.5. The van der Waals surface area contributed by atoms with Crippen molar-refractivity contribution in [3.05, 3.63) is 170 Å². The SMILES string of the molecule is CCc1ccc2c(c1)[C]([Zr+2])=c1c-2cc(=C(c2ccccc2)c2ccccc2)c(CC)c1C1C=Cc2cccc(C)c21.[Cl-].[Cl-]. The normalized spacial score (nSPS) is 14.0. The van der Waals surface area contributed by atoms with Gasteiger partial charge in [0.25, 0.3) is 0 Å². The Morgan fingerprint density at radius 1 is 0.674 bits per heavy atom. The van der Waals surface area contributed by atoms with Crippen molar-refractivity contribution in [1.29, 1.82) is 0 Å². The van der Waals surface area contributed by atoms with Gasteiger partial charge in [0.2, 0.25) is 0 Å². The molecule has 0 bridgehead atoms. The molecule has 1 atom stereocenters. The number of aryl methyl sites for hydroxylation is 2. The van der Waals surface area contributed by atoms with Crippen LogP contribution in [0.3, 0.4) is 0 Å². The number of benzene rings is 5. The summed E-state index contributed by atoms with van der Waals surface area (Å²) in [4.78, 5) is 0. The summed E-state index contributed by atoms with van der Waals surface area (Å²) in [5, 5.41) is 2.85. The molecule has 2 aliphatic rings. The fraction of sp³-hybridized carbons (Fsp3) is 0.150. The predicted molar refractivity (Wildman–Crippen MR) is 169 cm³/mol. The summed E-state index contributed by atoms with van der Waals surface area (Å²) >= 11 is 1.48. The number of hydrogen-bond acceptors (Lipinski definition) is 0. The Labute approximate surface area is 283 Å². The van der Waals surface area contributed by atoms with E-state index in [-0.39, 0.29) is 30.7 Å². The van der Waals surface area contributed by atoms with E-state index in [0.29, 0.717) is 0 Å². The van der Waals surface area contributed by atoms with Gasteiger partial charge in [-0.2, -0.15) is 0 Å². The molecule has 0 saturated heterocycles. The monoisotopic (exact) mass is 673 g/mol. The van der Waals surface area contributed by atoms with E-state index >= 15 is 0 Å². The molecule has 7 rings (SSSR count). The van der Waals surface area contributed by atoms with Gasteiger partial charge in [-0.25, -0.2) is 0 Å². The topological polar surface area (TPSA) is 0 Å². The quantitative estimate of drug-likeness (QED) is 0.268. The Bertz CT molecular complexity index is 1930. The van der Waals surface area contributed by atoms with Crippen LogP contribution in [0.15, 0.2) is 109 Å².